The summed E-state index contributed by atoms with van der Waals surface area (Å²) in [7, 11) is -0.764. The molecule has 23 heavy (non-hydrogen) atoms. The summed E-state index contributed by atoms with van der Waals surface area (Å²) in [5.41, 5.74) is 0. The molecule has 0 bridgehead atoms. The van der Waals surface area contributed by atoms with Crippen LogP contribution in [0.4, 0.5) is 0 Å². The minimum Gasteiger partial charge on any atom is -0.0776 e. The maximum atomic E-state index is 2.50. The third-order valence-electron chi connectivity index (χ3n) is 4.78. The highest BCUT2D eigenvalue weighted by atomic mass is 28.3. The Morgan fingerprint density at radius 1 is 0.435 bits per heavy atom. The first kappa shape index (κ1) is 25.5. The Labute approximate surface area is 151 Å². The van der Waals surface area contributed by atoms with E-state index in [-0.39, 0.29) is 7.43 Å². The Morgan fingerprint density at radius 3 is 0.957 bits per heavy atom. The van der Waals surface area contributed by atoms with Gasteiger partial charge in [-0.15, -0.1) is 0 Å². The number of unbranched alkanes of at least 4 members (excludes halogenated alkanes) is 15. The lowest BCUT2D eigenvalue weighted by Crippen LogP contribution is -2.18. The lowest BCUT2D eigenvalue weighted by atomic mass is 10.0. The predicted molar refractivity (Wildman–Crippen MR) is 114 cm³/mol. The van der Waals surface area contributed by atoms with Crippen LogP contribution < -0.4 is 0 Å². The van der Waals surface area contributed by atoms with Crippen LogP contribution in [0.2, 0.25) is 25.7 Å². The third-order valence-corrected chi connectivity index (χ3v) is 6.63. The van der Waals surface area contributed by atoms with Crippen molar-refractivity contribution in [3.05, 3.63) is 0 Å². The van der Waals surface area contributed by atoms with Gasteiger partial charge in [0.25, 0.3) is 0 Å². The van der Waals surface area contributed by atoms with Gasteiger partial charge in [0.2, 0.25) is 0 Å². The lowest BCUT2D eigenvalue weighted by Gasteiger charge is -2.14. The van der Waals surface area contributed by atoms with Crippen molar-refractivity contribution < 1.29 is 0 Å². The Bertz CT molecular complexity index is 205. The van der Waals surface area contributed by atoms with Crippen molar-refractivity contribution >= 4 is 8.07 Å². The molecule has 0 aromatic heterocycles. The quantitative estimate of drug-likeness (QED) is 0.182. The molecule has 0 amide bonds. The first-order chi connectivity index (χ1) is 10.6. The highest BCUT2D eigenvalue weighted by molar-refractivity contribution is 6.76. The molecule has 0 saturated carbocycles. The van der Waals surface area contributed by atoms with E-state index < -0.39 is 8.07 Å². The van der Waals surface area contributed by atoms with Crippen LogP contribution >= 0.6 is 0 Å². The van der Waals surface area contributed by atoms with Gasteiger partial charge in [-0.25, -0.2) is 0 Å². The summed E-state index contributed by atoms with van der Waals surface area (Å²) < 4.78 is 0. The molecule has 0 saturated heterocycles. The van der Waals surface area contributed by atoms with E-state index in [1.54, 1.807) is 0 Å². The zero-order valence-corrected chi connectivity index (χ0v) is 17.5. The summed E-state index contributed by atoms with van der Waals surface area (Å²) in [4.78, 5) is 0. The Hall–Kier alpha value is 0.217. The summed E-state index contributed by atoms with van der Waals surface area (Å²) in [5, 5.41) is 0. The Balaban J connectivity index is 0. The van der Waals surface area contributed by atoms with Crippen LogP contribution in [0.3, 0.4) is 0 Å². The maximum absolute atomic E-state index is 2.50. The molecule has 1 heteroatoms. The van der Waals surface area contributed by atoms with E-state index in [1.165, 1.54) is 109 Å². The molecule has 0 radical (unpaired) electrons. The molecule has 0 aromatic rings. The van der Waals surface area contributed by atoms with Crippen LogP contribution in [-0.2, 0) is 0 Å². The summed E-state index contributed by atoms with van der Waals surface area (Å²) >= 11 is 0. The van der Waals surface area contributed by atoms with Crippen LogP contribution in [0.5, 0.6) is 0 Å². The molecule has 0 aliphatic heterocycles. The SMILES string of the molecule is C.CCCCCCCCCCCCCCCCCC[Si](C)(C)C. The van der Waals surface area contributed by atoms with Gasteiger partial charge in [-0.3, -0.25) is 0 Å². The number of hydrogen-bond donors (Lipinski definition) is 0. The van der Waals surface area contributed by atoms with Gasteiger partial charge < -0.3 is 0 Å². The van der Waals surface area contributed by atoms with Crippen molar-refractivity contribution in [2.75, 3.05) is 0 Å². The highest BCUT2D eigenvalue weighted by Crippen LogP contribution is 2.16. The van der Waals surface area contributed by atoms with Crippen molar-refractivity contribution in [1.82, 2.24) is 0 Å². The highest BCUT2D eigenvalue weighted by Gasteiger charge is 2.11. The van der Waals surface area contributed by atoms with Crippen LogP contribution in [0, 0.1) is 0 Å². The molecule has 0 unspecified atom stereocenters. The zero-order chi connectivity index (χ0) is 16.5. The number of rotatable bonds is 17. The van der Waals surface area contributed by atoms with Crippen molar-refractivity contribution in [2.24, 2.45) is 0 Å². The van der Waals surface area contributed by atoms with Crippen LogP contribution in [0.1, 0.15) is 117 Å². The fourth-order valence-electron chi connectivity index (χ4n) is 3.20. The average molecular weight is 343 g/mol. The van der Waals surface area contributed by atoms with Crippen LogP contribution in [-0.4, -0.2) is 8.07 Å². The summed E-state index contributed by atoms with van der Waals surface area (Å²) in [6.07, 6.45) is 23.6. The standard InChI is InChI=1S/C21H46Si.CH4/c1-5-6-7-8-9-10-11-12-13-14-15-16-17-18-19-20-21-22(2,3)4;/h5-21H2,1-4H3;1H4. The second-order valence-corrected chi connectivity index (χ2v) is 14.2. The smallest absolute Gasteiger partial charge is 0.0442 e. The van der Waals surface area contributed by atoms with Gasteiger partial charge in [-0.2, -0.15) is 0 Å². The second-order valence-electron chi connectivity index (χ2n) is 8.61. The van der Waals surface area contributed by atoms with Gasteiger partial charge >= 0.3 is 0 Å². The second kappa shape index (κ2) is 18.6. The molecular weight excluding hydrogens is 292 g/mol. The molecule has 0 rings (SSSR count). The topological polar surface area (TPSA) is 0 Å². The molecule has 142 valence electrons. The monoisotopic (exact) mass is 342 g/mol. The van der Waals surface area contributed by atoms with Gasteiger partial charge in [0, 0.05) is 8.07 Å². The minimum absolute atomic E-state index is 0. The van der Waals surface area contributed by atoms with Gasteiger partial charge in [0.1, 0.15) is 0 Å². The molecule has 0 aromatic carbocycles. The summed E-state index contributed by atoms with van der Waals surface area (Å²) in [6.45, 7) is 9.79. The fraction of sp³-hybridized carbons (Fsp3) is 1.00. The van der Waals surface area contributed by atoms with E-state index in [0.29, 0.717) is 0 Å². The molecule has 0 heterocycles. The van der Waals surface area contributed by atoms with E-state index in [4.69, 9.17) is 0 Å². The zero-order valence-electron chi connectivity index (χ0n) is 16.5. The van der Waals surface area contributed by atoms with E-state index in [1.807, 2.05) is 0 Å². The van der Waals surface area contributed by atoms with Crippen LogP contribution in [0.25, 0.3) is 0 Å². The third kappa shape index (κ3) is 24.6. The predicted octanol–water partition coefficient (Wildman–Crippen LogP) is 9.22. The maximum Gasteiger partial charge on any atom is 0.0442 e. The largest absolute Gasteiger partial charge is 0.0776 e. The van der Waals surface area contributed by atoms with Crippen molar-refractivity contribution in [2.45, 2.75) is 143 Å². The first-order valence-electron chi connectivity index (χ1n) is 10.6. The normalized spacial score (nSPS) is 11.5. The Morgan fingerprint density at radius 2 is 0.696 bits per heavy atom. The molecule has 0 spiro atoms. The van der Waals surface area contributed by atoms with Gasteiger partial charge in [-0.05, 0) is 0 Å². The fourth-order valence-corrected chi connectivity index (χ4v) is 4.51. The first-order valence-corrected chi connectivity index (χ1v) is 14.3. The van der Waals surface area contributed by atoms with Gasteiger partial charge in [0.05, 0.1) is 0 Å². The van der Waals surface area contributed by atoms with E-state index >= 15 is 0 Å². The summed E-state index contributed by atoms with van der Waals surface area (Å²) in [5.74, 6) is 0. The molecular formula is C22H50Si. The van der Waals surface area contributed by atoms with Gasteiger partial charge in [0.15, 0.2) is 0 Å². The molecule has 0 atom stereocenters. The Kier molecular flexibility index (Phi) is 20.5. The average Bonchev–Trinajstić information content (AvgIpc) is 2.45. The lowest BCUT2D eigenvalue weighted by molar-refractivity contribution is 0.531. The molecule has 0 aliphatic rings. The van der Waals surface area contributed by atoms with E-state index in [0.717, 1.165) is 0 Å². The van der Waals surface area contributed by atoms with E-state index in [2.05, 4.69) is 26.6 Å². The molecule has 0 N–H and O–H groups in total. The summed E-state index contributed by atoms with van der Waals surface area (Å²) in [6, 6.07) is 1.53. The van der Waals surface area contributed by atoms with Crippen molar-refractivity contribution in [1.29, 1.82) is 0 Å². The molecule has 0 aliphatic carbocycles. The molecule has 0 nitrogen and oxygen atoms in total. The van der Waals surface area contributed by atoms with Crippen molar-refractivity contribution in [3.8, 4) is 0 Å². The van der Waals surface area contributed by atoms with E-state index in [9.17, 15) is 0 Å². The minimum atomic E-state index is -0.764. The van der Waals surface area contributed by atoms with Gasteiger partial charge in [-0.1, -0.05) is 143 Å². The van der Waals surface area contributed by atoms with Crippen LogP contribution in [0.15, 0.2) is 0 Å². The van der Waals surface area contributed by atoms with Crippen molar-refractivity contribution in [3.63, 3.8) is 0 Å². The molecule has 0 fully saturated rings. The number of hydrogen-bond acceptors (Lipinski definition) is 0.